The van der Waals surface area contributed by atoms with Crippen LogP contribution >= 0.6 is 0 Å². The minimum absolute atomic E-state index is 0.159. The molecular formula is C15H23N3O2. The number of nitrogens with one attached hydrogen (secondary N) is 1. The first-order valence-corrected chi connectivity index (χ1v) is 7.19. The number of carboxylic acid groups (broad SMARTS) is 1. The molecule has 2 rings (SSSR count). The van der Waals surface area contributed by atoms with E-state index in [2.05, 4.69) is 17.1 Å². The van der Waals surface area contributed by atoms with Crippen molar-refractivity contribution in [3.8, 4) is 0 Å². The van der Waals surface area contributed by atoms with E-state index in [1.807, 2.05) is 0 Å². The van der Waals surface area contributed by atoms with Crippen LogP contribution < -0.4 is 11.1 Å². The third kappa shape index (κ3) is 3.63. The molecule has 0 unspecified atom stereocenters. The maximum Gasteiger partial charge on any atom is 0.337 e. The largest absolute Gasteiger partial charge is 0.478 e. The molecule has 1 saturated heterocycles. The third-order valence-electron chi connectivity index (χ3n) is 4.03. The predicted molar refractivity (Wildman–Crippen MR) is 81.1 cm³/mol. The highest BCUT2D eigenvalue weighted by Crippen LogP contribution is 2.21. The van der Waals surface area contributed by atoms with E-state index in [4.69, 9.17) is 10.8 Å². The molecule has 4 N–H and O–H groups in total. The standard InChI is InChI=1S/C15H23N3O2/c1-2-18-7-5-11(6-8-18)10-17-12-3-4-13(15(19)20)14(16)9-12/h3-4,9,11,17H,2,5-8,10,16H2,1H3,(H,19,20). The van der Waals surface area contributed by atoms with E-state index >= 15 is 0 Å². The number of piperidine rings is 1. The monoisotopic (exact) mass is 277 g/mol. The molecular weight excluding hydrogens is 254 g/mol. The van der Waals surface area contributed by atoms with Gasteiger partial charge in [-0.2, -0.15) is 0 Å². The van der Waals surface area contributed by atoms with Crippen molar-refractivity contribution < 1.29 is 9.90 Å². The lowest BCUT2D eigenvalue weighted by Crippen LogP contribution is -2.35. The van der Waals surface area contributed by atoms with Crippen LogP contribution in [-0.2, 0) is 0 Å². The summed E-state index contributed by atoms with van der Waals surface area (Å²) in [5.41, 5.74) is 7.10. The number of nitrogens with zero attached hydrogens (tertiary/aromatic N) is 1. The number of benzene rings is 1. The van der Waals surface area contributed by atoms with Gasteiger partial charge in [0.25, 0.3) is 0 Å². The number of anilines is 2. The molecule has 1 aromatic rings. The number of rotatable bonds is 5. The van der Waals surface area contributed by atoms with E-state index in [-0.39, 0.29) is 5.56 Å². The van der Waals surface area contributed by atoms with Gasteiger partial charge >= 0.3 is 5.97 Å². The minimum Gasteiger partial charge on any atom is -0.478 e. The van der Waals surface area contributed by atoms with Crippen molar-refractivity contribution in [3.05, 3.63) is 23.8 Å². The maximum atomic E-state index is 10.9. The van der Waals surface area contributed by atoms with Crippen LogP contribution in [0.3, 0.4) is 0 Å². The summed E-state index contributed by atoms with van der Waals surface area (Å²) in [6.45, 7) is 6.59. The smallest absolute Gasteiger partial charge is 0.337 e. The Balaban J connectivity index is 1.85. The summed E-state index contributed by atoms with van der Waals surface area (Å²) in [6, 6.07) is 5.03. The second-order valence-corrected chi connectivity index (χ2v) is 5.37. The fraction of sp³-hybridized carbons (Fsp3) is 0.533. The molecule has 1 aliphatic heterocycles. The molecule has 0 aromatic heterocycles. The van der Waals surface area contributed by atoms with E-state index in [9.17, 15) is 4.79 Å². The summed E-state index contributed by atoms with van der Waals surface area (Å²) in [7, 11) is 0. The van der Waals surface area contributed by atoms with Gasteiger partial charge in [0.1, 0.15) is 0 Å². The number of hydrogen-bond acceptors (Lipinski definition) is 4. The summed E-state index contributed by atoms with van der Waals surface area (Å²) < 4.78 is 0. The molecule has 0 aliphatic carbocycles. The zero-order valence-electron chi connectivity index (χ0n) is 11.9. The van der Waals surface area contributed by atoms with Crippen LogP contribution in [0.1, 0.15) is 30.1 Å². The Labute approximate surface area is 119 Å². The maximum absolute atomic E-state index is 10.9. The quantitative estimate of drug-likeness (QED) is 0.718. The number of nitrogen functional groups attached to an aromatic ring is 1. The zero-order valence-corrected chi connectivity index (χ0v) is 11.9. The number of nitrogens with two attached hydrogens (primary N) is 1. The van der Waals surface area contributed by atoms with Crippen LogP contribution in [0, 0.1) is 5.92 Å². The van der Waals surface area contributed by atoms with E-state index in [1.165, 1.54) is 25.9 Å². The first kappa shape index (κ1) is 14.7. The van der Waals surface area contributed by atoms with Crippen LogP contribution in [0.4, 0.5) is 11.4 Å². The van der Waals surface area contributed by atoms with Gasteiger partial charge in [0.15, 0.2) is 0 Å². The molecule has 1 heterocycles. The van der Waals surface area contributed by atoms with Crippen LogP contribution in [0.25, 0.3) is 0 Å². The molecule has 0 atom stereocenters. The molecule has 110 valence electrons. The Kier molecular flexibility index (Phi) is 4.84. The molecule has 0 spiro atoms. The summed E-state index contributed by atoms with van der Waals surface area (Å²) in [5, 5.41) is 12.3. The van der Waals surface area contributed by atoms with E-state index in [1.54, 1.807) is 18.2 Å². The summed E-state index contributed by atoms with van der Waals surface area (Å²) in [4.78, 5) is 13.4. The van der Waals surface area contributed by atoms with Crippen LogP contribution in [0.15, 0.2) is 18.2 Å². The lowest BCUT2D eigenvalue weighted by Gasteiger charge is -2.31. The number of hydrogen-bond donors (Lipinski definition) is 3. The lowest BCUT2D eigenvalue weighted by molar-refractivity contribution is 0.0698. The molecule has 0 amide bonds. The molecule has 0 bridgehead atoms. The summed E-state index contributed by atoms with van der Waals surface area (Å²) in [5.74, 6) is -0.306. The zero-order chi connectivity index (χ0) is 14.5. The van der Waals surface area contributed by atoms with Gasteiger partial charge in [0.2, 0.25) is 0 Å². The SMILES string of the molecule is CCN1CCC(CNc2ccc(C(=O)O)c(N)c2)CC1. The van der Waals surface area contributed by atoms with Crippen molar-refractivity contribution in [2.45, 2.75) is 19.8 Å². The normalized spacial score (nSPS) is 17.1. The van der Waals surface area contributed by atoms with Crippen LogP contribution in [0.5, 0.6) is 0 Å². The van der Waals surface area contributed by atoms with E-state index in [0.29, 0.717) is 11.6 Å². The Hall–Kier alpha value is -1.75. The molecule has 1 aromatic carbocycles. The van der Waals surface area contributed by atoms with Crippen LogP contribution in [-0.4, -0.2) is 42.2 Å². The Morgan fingerprint density at radius 3 is 2.70 bits per heavy atom. The van der Waals surface area contributed by atoms with Gasteiger partial charge in [0.05, 0.1) is 5.56 Å². The van der Waals surface area contributed by atoms with Crippen molar-refractivity contribution in [1.29, 1.82) is 0 Å². The van der Waals surface area contributed by atoms with Crippen molar-refractivity contribution in [2.24, 2.45) is 5.92 Å². The van der Waals surface area contributed by atoms with Gasteiger partial charge in [-0.25, -0.2) is 4.79 Å². The number of carboxylic acids is 1. The highest BCUT2D eigenvalue weighted by Gasteiger charge is 2.17. The second kappa shape index (κ2) is 6.61. The Bertz CT molecular complexity index is 468. The third-order valence-corrected chi connectivity index (χ3v) is 4.03. The number of likely N-dealkylation sites (tertiary alicyclic amines) is 1. The molecule has 1 fully saturated rings. The highest BCUT2D eigenvalue weighted by atomic mass is 16.4. The van der Waals surface area contributed by atoms with Crippen molar-refractivity contribution in [2.75, 3.05) is 37.2 Å². The van der Waals surface area contributed by atoms with Crippen molar-refractivity contribution in [3.63, 3.8) is 0 Å². The Morgan fingerprint density at radius 1 is 1.45 bits per heavy atom. The topological polar surface area (TPSA) is 78.6 Å². The first-order valence-electron chi connectivity index (χ1n) is 7.19. The van der Waals surface area contributed by atoms with E-state index in [0.717, 1.165) is 18.8 Å². The van der Waals surface area contributed by atoms with Gasteiger partial charge in [0, 0.05) is 17.9 Å². The average Bonchev–Trinajstić information content (AvgIpc) is 2.45. The number of carbonyl (C=O) groups is 1. The van der Waals surface area contributed by atoms with Crippen molar-refractivity contribution >= 4 is 17.3 Å². The summed E-state index contributed by atoms with van der Waals surface area (Å²) >= 11 is 0. The van der Waals surface area contributed by atoms with Gasteiger partial charge in [-0.15, -0.1) is 0 Å². The predicted octanol–water partition coefficient (Wildman–Crippen LogP) is 2.11. The van der Waals surface area contributed by atoms with Gasteiger partial charge in [-0.1, -0.05) is 6.92 Å². The fourth-order valence-electron chi connectivity index (χ4n) is 2.64. The molecule has 5 nitrogen and oxygen atoms in total. The van der Waals surface area contributed by atoms with Gasteiger partial charge in [-0.05, 0) is 56.6 Å². The molecule has 5 heteroatoms. The average molecular weight is 277 g/mol. The lowest BCUT2D eigenvalue weighted by atomic mass is 9.96. The molecule has 0 saturated carbocycles. The van der Waals surface area contributed by atoms with Gasteiger partial charge < -0.3 is 21.1 Å². The minimum atomic E-state index is -0.985. The molecule has 0 radical (unpaired) electrons. The fourth-order valence-corrected chi connectivity index (χ4v) is 2.64. The highest BCUT2D eigenvalue weighted by molar-refractivity contribution is 5.94. The number of aromatic carboxylic acids is 1. The van der Waals surface area contributed by atoms with Gasteiger partial charge in [-0.3, -0.25) is 0 Å². The van der Waals surface area contributed by atoms with Crippen molar-refractivity contribution in [1.82, 2.24) is 4.90 Å². The molecule has 1 aliphatic rings. The summed E-state index contributed by atoms with van der Waals surface area (Å²) in [6.07, 6.45) is 2.42. The van der Waals surface area contributed by atoms with E-state index < -0.39 is 5.97 Å². The first-order chi connectivity index (χ1) is 9.60. The molecule has 20 heavy (non-hydrogen) atoms. The van der Waals surface area contributed by atoms with Crippen LogP contribution in [0.2, 0.25) is 0 Å². The second-order valence-electron chi connectivity index (χ2n) is 5.37. The Morgan fingerprint density at radius 2 is 2.15 bits per heavy atom.